The van der Waals surface area contributed by atoms with E-state index in [-0.39, 0.29) is 16.7 Å². The van der Waals surface area contributed by atoms with Gasteiger partial charge in [0.25, 0.3) is 0 Å². The largest absolute Gasteiger partial charge is 0.497 e. The fraction of sp³-hybridized carbons (Fsp3) is 0.640. The number of benzene rings is 1. The lowest BCUT2D eigenvalue weighted by atomic mass is 9.48. The zero-order valence-corrected chi connectivity index (χ0v) is 19.8. The molecule has 0 radical (unpaired) electrons. The second-order valence-electron chi connectivity index (χ2n) is 10.3. The molecule has 0 aliphatic heterocycles. The Hall–Kier alpha value is -1.82. The van der Waals surface area contributed by atoms with Crippen LogP contribution in [0.15, 0.2) is 29.4 Å². The van der Waals surface area contributed by atoms with Crippen molar-refractivity contribution < 1.29 is 9.53 Å². The summed E-state index contributed by atoms with van der Waals surface area (Å²) in [5.41, 5.74) is 0.941. The standard InChI is InChI=1S/C25H33N3O2S/c1-15(2)28-23(20-5-7-21(30-4)8-6-20)26-27-24(28)31-16(3)22(29)25-12-17-9-18(13-25)11-19(10-17)14-25/h5-8,15-19H,9-14H2,1-4H3/t16-,17?,18?,19?,25?/m1/s1. The average Bonchev–Trinajstić information content (AvgIpc) is 3.16. The molecule has 4 bridgehead atoms. The van der Waals surface area contributed by atoms with Crippen LogP contribution in [0.5, 0.6) is 5.75 Å². The summed E-state index contributed by atoms with van der Waals surface area (Å²) in [6.45, 7) is 6.37. The number of Topliss-reactive ketones (excluding diaryl/α,β-unsaturated/α-hetero) is 1. The summed E-state index contributed by atoms with van der Waals surface area (Å²) in [6.07, 6.45) is 7.45. The number of carbonyl (C=O) groups is 1. The molecule has 1 atom stereocenters. The maximum absolute atomic E-state index is 13.7. The average molecular weight is 440 g/mol. The number of rotatable bonds is 7. The number of nitrogens with zero attached hydrogens (tertiary/aromatic N) is 3. The monoisotopic (exact) mass is 439 g/mol. The minimum Gasteiger partial charge on any atom is -0.497 e. The summed E-state index contributed by atoms with van der Waals surface area (Å²) in [7, 11) is 1.67. The van der Waals surface area contributed by atoms with Crippen LogP contribution in [0.1, 0.15) is 65.3 Å². The SMILES string of the molecule is COc1ccc(-c2nnc(S[C@H](C)C(=O)C34CC5CC(CC(C5)C3)C4)n2C(C)C)cc1. The maximum atomic E-state index is 13.7. The van der Waals surface area contributed by atoms with Crippen LogP contribution >= 0.6 is 11.8 Å². The van der Waals surface area contributed by atoms with Crippen LogP contribution in [0.3, 0.4) is 0 Å². The highest BCUT2D eigenvalue weighted by molar-refractivity contribution is 8.00. The number of methoxy groups -OCH3 is 1. The summed E-state index contributed by atoms with van der Waals surface area (Å²) >= 11 is 1.59. The van der Waals surface area contributed by atoms with Gasteiger partial charge in [-0.2, -0.15) is 0 Å². The molecule has 6 heteroatoms. The third kappa shape index (κ3) is 3.71. The molecule has 5 nitrogen and oxygen atoms in total. The first-order chi connectivity index (χ1) is 14.9. The number of hydrogen-bond donors (Lipinski definition) is 0. The molecule has 31 heavy (non-hydrogen) atoms. The summed E-state index contributed by atoms with van der Waals surface area (Å²) in [6, 6.07) is 8.12. The fourth-order valence-electron chi connectivity index (χ4n) is 6.82. The molecule has 1 heterocycles. The quantitative estimate of drug-likeness (QED) is 0.510. The minimum atomic E-state index is -0.0957. The first-order valence-electron chi connectivity index (χ1n) is 11.7. The molecule has 0 saturated heterocycles. The molecule has 4 aliphatic rings. The predicted octanol–water partition coefficient (Wildman–Crippen LogP) is 5.80. The maximum Gasteiger partial charge on any atom is 0.192 e. The first-order valence-corrected chi connectivity index (χ1v) is 12.6. The number of carbonyl (C=O) groups excluding carboxylic acids is 1. The molecule has 4 aliphatic carbocycles. The lowest BCUT2D eigenvalue weighted by Crippen LogP contribution is -2.51. The molecule has 0 amide bonds. The Labute approximate surface area is 189 Å². The van der Waals surface area contributed by atoms with E-state index in [1.54, 1.807) is 18.9 Å². The van der Waals surface area contributed by atoms with Crippen molar-refractivity contribution >= 4 is 17.5 Å². The summed E-state index contributed by atoms with van der Waals surface area (Å²) in [5.74, 6) is 4.48. The topological polar surface area (TPSA) is 57.0 Å². The van der Waals surface area contributed by atoms with Crippen LogP contribution in [-0.2, 0) is 4.79 Å². The van der Waals surface area contributed by atoms with Crippen LogP contribution in [0, 0.1) is 23.2 Å². The van der Waals surface area contributed by atoms with Gasteiger partial charge in [0.15, 0.2) is 16.8 Å². The van der Waals surface area contributed by atoms with Crippen LogP contribution in [0.4, 0.5) is 0 Å². The smallest absolute Gasteiger partial charge is 0.192 e. The lowest BCUT2D eigenvalue weighted by Gasteiger charge is -2.56. The number of ether oxygens (including phenoxy) is 1. The van der Waals surface area contributed by atoms with Gasteiger partial charge in [0.1, 0.15) is 5.75 Å². The second kappa shape index (κ2) is 7.95. The van der Waals surface area contributed by atoms with Crippen LogP contribution in [0.25, 0.3) is 11.4 Å². The van der Waals surface area contributed by atoms with E-state index in [9.17, 15) is 4.79 Å². The van der Waals surface area contributed by atoms with E-state index in [1.807, 2.05) is 24.3 Å². The van der Waals surface area contributed by atoms with Crippen molar-refractivity contribution in [1.82, 2.24) is 14.8 Å². The third-order valence-corrected chi connectivity index (χ3v) is 8.80. The minimum absolute atomic E-state index is 0.0668. The molecule has 0 unspecified atom stereocenters. The Morgan fingerprint density at radius 3 is 2.13 bits per heavy atom. The van der Waals surface area contributed by atoms with E-state index in [2.05, 4.69) is 35.5 Å². The summed E-state index contributed by atoms with van der Waals surface area (Å²) in [4.78, 5) is 13.7. The molecular formula is C25H33N3O2S. The Balaban J connectivity index is 1.38. The van der Waals surface area contributed by atoms with E-state index in [0.29, 0.717) is 5.78 Å². The molecular weight excluding hydrogens is 406 g/mol. The second-order valence-corrected chi connectivity index (χ2v) is 11.6. The highest BCUT2D eigenvalue weighted by Gasteiger charge is 2.55. The summed E-state index contributed by atoms with van der Waals surface area (Å²) < 4.78 is 7.45. The zero-order chi connectivity index (χ0) is 21.8. The van der Waals surface area contributed by atoms with Crippen LogP contribution in [0.2, 0.25) is 0 Å². The number of aromatic nitrogens is 3. The van der Waals surface area contributed by atoms with Gasteiger partial charge in [0.2, 0.25) is 0 Å². The molecule has 1 aromatic carbocycles. The first kappa shape index (κ1) is 21.0. The van der Waals surface area contributed by atoms with Gasteiger partial charge in [-0.15, -0.1) is 10.2 Å². The van der Waals surface area contributed by atoms with E-state index < -0.39 is 0 Å². The van der Waals surface area contributed by atoms with Gasteiger partial charge < -0.3 is 4.74 Å². The van der Waals surface area contributed by atoms with Gasteiger partial charge in [-0.25, -0.2) is 0 Å². The predicted molar refractivity (Wildman–Crippen MR) is 123 cm³/mol. The van der Waals surface area contributed by atoms with Gasteiger partial charge in [-0.05, 0) is 101 Å². The van der Waals surface area contributed by atoms with Gasteiger partial charge in [0.05, 0.1) is 12.4 Å². The van der Waals surface area contributed by atoms with Crippen molar-refractivity contribution in [2.75, 3.05) is 7.11 Å². The van der Waals surface area contributed by atoms with Gasteiger partial charge in [-0.3, -0.25) is 9.36 Å². The molecule has 0 N–H and O–H groups in total. The number of hydrogen-bond acceptors (Lipinski definition) is 5. The van der Waals surface area contributed by atoms with E-state index in [4.69, 9.17) is 4.74 Å². The third-order valence-electron chi connectivity index (χ3n) is 7.74. The normalized spacial score (nSPS) is 30.0. The molecule has 2 aromatic rings. The number of thioether (sulfide) groups is 1. The lowest BCUT2D eigenvalue weighted by molar-refractivity contribution is -0.143. The Morgan fingerprint density at radius 2 is 1.61 bits per heavy atom. The van der Waals surface area contributed by atoms with E-state index >= 15 is 0 Å². The summed E-state index contributed by atoms with van der Waals surface area (Å²) in [5, 5.41) is 9.77. The van der Waals surface area contributed by atoms with E-state index in [1.165, 1.54) is 19.3 Å². The van der Waals surface area contributed by atoms with Gasteiger partial charge >= 0.3 is 0 Å². The Bertz CT molecular complexity index is 930. The molecule has 4 saturated carbocycles. The molecule has 0 spiro atoms. The molecule has 1 aromatic heterocycles. The van der Waals surface area contributed by atoms with Crippen LogP contribution in [-0.4, -0.2) is 32.9 Å². The Kier molecular flexibility index (Phi) is 5.40. The van der Waals surface area contributed by atoms with Crippen molar-refractivity contribution in [3.05, 3.63) is 24.3 Å². The molecule has 6 rings (SSSR count). The van der Waals surface area contributed by atoms with Gasteiger partial charge in [-0.1, -0.05) is 11.8 Å². The van der Waals surface area contributed by atoms with E-state index in [0.717, 1.165) is 59.3 Å². The van der Waals surface area contributed by atoms with Crippen molar-refractivity contribution in [3.63, 3.8) is 0 Å². The molecule has 166 valence electrons. The van der Waals surface area contributed by atoms with Crippen molar-refractivity contribution in [2.24, 2.45) is 23.2 Å². The highest BCUT2D eigenvalue weighted by Crippen LogP contribution is 2.61. The zero-order valence-electron chi connectivity index (χ0n) is 19.0. The fourth-order valence-corrected chi connectivity index (χ4v) is 7.99. The van der Waals surface area contributed by atoms with Crippen molar-refractivity contribution in [3.8, 4) is 17.1 Å². The Morgan fingerprint density at radius 1 is 1.03 bits per heavy atom. The van der Waals surface area contributed by atoms with Crippen molar-refractivity contribution in [2.45, 2.75) is 75.7 Å². The molecule has 4 fully saturated rings. The highest BCUT2D eigenvalue weighted by atomic mass is 32.2. The van der Waals surface area contributed by atoms with Gasteiger partial charge in [0, 0.05) is 17.0 Å². The van der Waals surface area contributed by atoms with Crippen molar-refractivity contribution in [1.29, 1.82) is 0 Å². The van der Waals surface area contributed by atoms with Crippen LogP contribution < -0.4 is 4.74 Å². The number of ketones is 1.